The minimum absolute atomic E-state index is 0.240. The van der Waals surface area contributed by atoms with Gasteiger partial charge in [0.2, 0.25) is 0 Å². The van der Waals surface area contributed by atoms with E-state index in [0.29, 0.717) is 27.4 Å². The molecule has 2 N–H and O–H groups in total. The highest BCUT2D eigenvalue weighted by Crippen LogP contribution is 2.38. The Bertz CT molecular complexity index is 753. The van der Waals surface area contributed by atoms with Gasteiger partial charge in [-0.3, -0.25) is 4.99 Å². The number of rotatable bonds is 6. The van der Waals surface area contributed by atoms with Gasteiger partial charge in [0.05, 0.1) is 25.6 Å². The van der Waals surface area contributed by atoms with Crippen LogP contribution in [-0.2, 0) is 0 Å². The first kappa shape index (κ1) is 18.5. The first-order chi connectivity index (χ1) is 11.5. The summed E-state index contributed by atoms with van der Waals surface area (Å²) in [6, 6.07) is 3.19. The molecule has 8 heteroatoms. The molecule has 1 unspecified atom stereocenters. The van der Waals surface area contributed by atoms with E-state index in [2.05, 4.69) is 15.0 Å². The van der Waals surface area contributed by atoms with E-state index in [4.69, 9.17) is 26.8 Å². The molecule has 2 aromatic rings. The second-order valence-corrected chi connectivity index (χ2v) is 6.06. The van der Waals surface area contributed by atoms with E-state index in [0.717, 1.165) is 11.3 Å². The molecule has 128 valence electrons. The molecule has 0 aliphatic heterocycles. The number of aromatic nitrogens is 2. The van der Waals surface area contributed by atoms with Crippen molar-refractivity contribution in [1.29, 1.82) is 0 Å². The SMILES string of the molecule is COc1cc(N=Cc2cnc(SC)nc2C(C)N)c(Cl)c(OC)c1. The van der Waals surface area contributed by atoms with Crippen molar-refractivity contribution < 1.29 is 9.47 Å². The third kappa shape index (κ3) is 4.17. The van der Waals surface area contributed by atoms with Crippen molar-refractivity contribution in [2.24, 2.45) is 10.7 Å². The molecule has 6 nitrogen and oxygen atoms in total. The number of ether oxygens (including phenoxy) is 2. The van der Waals surface area contributed by atoms with Crippen LogP contribution in [0, 0.1) is 0 Å². The molecule has 1 heterocycles. The average Bonchev–Trinajstić information content (AvgIpc) is 2.60. The van der Waals surface area contributed by atoms with Crippen LogP contribution < -0.4 is 15.2 Å². The van der Waals surface area contributed by atoms with Crippen LogP contribution in [0.15, 0.2) is 28.5 Å². The standard InChI is InChI=1S/C16H19ClN4O2S/c1-9(18)15-10(8-20-16(21-15)24-4)7-19-12-5-11(22-2)6-13(23-3)14(12)17/h5-9H,18H2,1-4H3. The molecule has 1 aromatic heterocycles. The summed E-state index contributed by atoms with van der Waals surface area (Å²) in [5, 5.41) is 1.07. The van der Waals surface area contributed by atoms with Crippen molar-refractivity contribution in [3.8, 4) is 11.5 Å². The zero-order chi connectivity index (χ0) is 17.7. The summed E-state index contributed by atoms with van der Waals surface area (Å²) in [5.74, 6) is 1.09. The van der Waals surface area contributed by atoms with E-state index in [1.165, 1.54) is 18.9 Å². The van der Waals surface area contributed by atoms with Gasteiger partial charge in [-0.05, 0) is 13.2 Å². The van der Waals surface area contributed by atoms with Gasteiger partial charge in [0.1, 0.15) is 16.5 Å². The summed E-state index contributed by atoms with van der Waals surface area (Å²) >= 11 is 7.76. The van der Waals surface area contributed by atoms with Gasteiger partial charge in [-0.2, -0.15) is 0 Å². The van der Waals surface area contributed by atoms with Crippen molar-refractivity contribution in [3.05, 3.63) is 34.6 Å². The van der Waals surface area contributed by atoms with E-state index in [1.807, 2.05) is 13.2 Å². The number of benzene rings is 1. The lowest BCUT2D eigenvalue weighted by Gasteiger charge is -2.10. The van der Waals surface area contributed by atoms with E-state index < -0.39 is 0 Å². The number of methoxy groups -OCH3 is 2. The highest BCUT2D eigenvalue weighted by atomic mass is 35.5. The fraction of sp³-hybridized carbons (Fsp3) is 0.312. The monoisotopic (exact) mass is 366 g/mol. The molecule has 0 saturated heterocycles. The van der Waals surface area contributed by atoms with Crippen LogP contribution in [0.5, 0.6) is 11.5 Å². The second kappa shape index (κ2) is 8.32. The Morgan fingerprint density at radius 2 is 2.08 bits per heavy atom. The van der Waals surface area contributed by atoms with Gasteiger partial charge in [0.25, 0.3) is 0 Å². The van der Waals surface area contributed by atoms with Gasteiger partial charge in [0.15, 0.2) is 5.16 Å². The highest BCUT2D eigenvalue weighted by molar-refractivity contribution is 7.98. The molecule has 24 heavy (non-hydrogen) atoms. The Hall–Kier alpha value is -1.83. The molecule has 0 spiro atoms. The highest BCUT2D eigenvalue weighted by Gasteiger charge is 2.12. The fourth-order valence-electron chi connectivity index (χ4n) is 2.01. The largest absolute Gasteiger partial charge is 0.497 e. The van der Waals surface area contributed by atoms with Crippen LogP contribution in [-0.4, -0.2) is 36.7 Å². The summed E-state index contributed by atoms with van der Waals surface area (Å²) in [6.07, 6.45) is 5.26. The molecule has 1 atom stereocenters. The number of nitrogens with zero attached hydrogens (tertiary/aromatic N) is 3. The minimum Gasteiger partial charge on any atom is -0.497 e. The summed E-state index contributed by atoms with van der Waals surface area (Å²) < 4.78 is 10.5. The van der Waals surface area contributed by atoms with Crippen LogP contribution in [0.1, 0.15) is 24.2 Å². The molecule has 0 fully saturated rings. The van der Waals surface area contributed by atoms with Crippen molar-refractivity contribution in [2.45, 2.75) is 18.1 Å². The number of halogens is 1. The number of nitrogens with two attached hydrogens (primary N) is 1. The van der Waals surface area contributed by atoms with Gasteiger partial charge >= 0.3 is 0 Å². The third-order valence-electron chi connectivity index (χ3n) is 3.23. The van der Waals surface area contributed by atoms with Crippen molar-refractivity contribution in [1.82, 2.24) is 9.97 Å². The predicted octanol–water partition coefficient (Wildman–Crippen LogP) is 3.64. The maximum atomic E-state index is 6.30. The van der Waals surface area contributed by atoms with E-state index in [-0.39, 0.29) is 6.04 Å². The predicted molar refractivity (Wildman–Crippen MR) is 98.2 cm³/mol. The maximum absolute atomic E-state index is 6.30. The Labute approximate surface area is 150 Å². The van der Waals surface area contributed by atoms with E-state index in [1.54, 1.807) is 31.7 Å². The first-order valence-electron chi connectivity index (χ1n) is 7.12. The smallest absolute Gasteiger partial charge is 0.187 e. The molecule has 2 rings (SSSR count). The summed E-state index contributed by atoms with van der Waals surface area (Å²) in [7, 11) is 3.11. The molecule has 0 aliphatic rings. The Morgan fingerprint density at radius 3 is 2.67 bits per heavy atom. The van der Waals surface area contributed by atoms with E-state index in [9.17, 15) is 0 Å². The quantitative estimate of drug-likeness (QED) is 0.477. The van der Waals surface area contributed by atoms with Gasteiger partial charge in [-0.15, -0.1) is 0 Å². The molecule has 0 aliphatic carbocycles. The molecule has 1 aromatic carbocycles. The maximum Gasteiger partial charge on any atom is 0.187 e. The number of thioether (sulfide) groups is 1. The first-order valence-corrected chi connectivity index (χ1v) is 8.72. The average molecular weight is 367 g/mol. The van der Waals surface area contributed by atoms with Crippen molar-refractivity contribution in [3.63, 3.8) is 0 Å². The number of hydrogen-bond donors (Lipinski definition) is 1. The molecule has 0 amide bonds. The topological polar surface area (TPSA) is 82.6 Å². The van der Waals surface area contributed by atoms with Crippen LogP contribution in [0.25, 0.3) is 0 Å². The molecule has 0 radical (unpaired) electrons. The van der Waals surface area contributed by atoms with Crippen LogP contribution >= 0.6 is 23.4 Å². The number of hydrogen-bond acceptors (Lipinski definition) is 7. The third-order valence-corrected chi connectivity index (χ3v) is 4.17. The Kier molecular flexibility index (Phi) is 6.42. The summed E-state index contributed by atoms with van der Waals surface area (Å²) in [4.78, 5) is 13.1. The van der Waals surface area contributed by atoms with Gasteiger partial charge < -0.3 is 15.2 Å². The lowest BCUT2D eigenvalue weighted by atomic mass is 10.1. The van der Waals surface area contributed by atoms with Crippen LogP contribution in [0.3, 0.4) is 0 Å². The normalized spacial score (nSPS) is 12.4. The second-order valence-electron chi connectivity index (χ2n) is 4.91. The zero-order valence-corrected chi connectivity index (χ0v) is 15.5. The molecule has 0 bridgehead atoms. The van der Waals surface area contributed by atoms with E-state index >= 15 is 0 Å². The zero-order valence-electron chi connectivity index (χ0n) is 13.9. The summed E-state index contributed by atoms with van der Waals surface area (Å²) in [5.41, 5.74) is 7.99. The Morgan fingerprint density at radius 1 is 1.33 bits per heavy atom. The van der Waals surface area contributed by atoms with Crippen molar-refractivity contribution >= 4 is 35.3 Å². The van der Waals surface area contributed by atoms with Gasteiger partial charge in [-0.25, -0.2) is 9.97 Å². The van der Waals surface area contributed by atoms with Gasteiger partial charge in [0, 0.05) is 36.1 Å². The summed E-state index contributed by atoms with van der Waals surface area (Å²) in [6.45, 7) is 1.87. The molecular formula is C16H19ClN4O2S. The molecular weight excluding hydrogens is 348 g/mol. The fourth-order valence-corrected chi connectivity index (χ4v) is 2.59. The molecule has 0 saturated carbocycles. The Balaban J connectivity index is 2.44. The number of aliphatic imine (C=N–C) groups is 1. The van der Waals surface area contributed by atoms with Gasteiger partial charge in [-0.1, -0.05) is 23.4 Å². The van der Waals surface area contributed by atoms with Crippen molar-refractivity contribution in [2.75, 3.05) is 20.5 Å². The lowest BCUT2D eigenvalue weighted by molar-refractivity contribution is 0.395. The van der Waals surface area contributed by atoms with Crippen LogP contribution in [0.2, 0.25) is 5.02 Å². The lowest BCUT2D eigenvalue weighted by Crippen LogP contribution is -2.12. The minimum atomic E-state index is -0.240. The van der Waals surface area contributed by atoms with Crippen LogP contribution in [0.4, 0.5) is 5.69 Å².